The maximum atomic E-state index is 13.0. The second kappa shape index (κ2) is 12.4. The van der Waals surface area contributed by atoms with E-state index in [0.29, 0.717) is 6.42 Å². The van der Waals surface area contributed by atoms with E-state index in [2.05, 4.69) is 10.6 Å². The van der Waals surface area contributed by atoms with Crippen molar-refractivity contribution in [3.8, 4) is 0 Å². The highest BCUT2D eigenvalue weighted by Crippen LogP contribution is 2.11. The minimum absolute atomic E-state index is 0.0873. The molecule has 0 spiro atoms. The molecule has 0 aliphatic rings. The van der Waals surface area contributed by atoms with E-state index in [0.717, 1.165) is 11.1 Å². The predicted molar refractivity (Wildman–Crippen MR) is 117 cm³/mol. The third-order valence-corrected chi connectivity index (χ3v) is 5.07. The van der Waals surface area contributed by atoms with Gasteiger partial charge in [-0.15, -0.1) is 0 Å². The van der Waals surface area contributed by atoms with E-state index in [1.54, 1.807) is 0 Å². The van der Waals surface area contributed by atoms with Crippen molar-refractivity contribution in [2.24, 2.45) is 5.92 Å². The van der Waals surface area contributed by atoms with Crippen molar-refractivity contribution in [3.05, 3.63) is 71.8 Å². The zero-order valence-corrected chi connectivity index (χ0v) is 18.2. The van der Waals surface area contributed by atoms with E-state index in [1.165, 1.54) is 7.11 Å². The van der Waals surface area contributed by atoms with E-state index in [9.17, 15) is 14.4 Å². The Balaban J connectivity index is 2.10. The number of nitrogens with one attached hydrogen (secondary N) is 2. The Morgan fingerprint density at radius 3 is 2.03 bits per heavy atom. The Bertz CT molecular complexity index is 842. The van der Waals surface area contributed by atoms with Gasteiger partial charge in [0, 0.05) is 6.42 Å². The third kappa shape index (κ3) is 7.77. The lowest BCUT2D eigenvalue weighted by molar-refractivity contribution is -0.146. The van der Waals surface area contributed by atoms with Gasteiger partial charge < -0.3 is 20.1 Å². The number of alkyl carbamates (subject to hydrolysis) is 1. The molecule has 0 saturated carbocycles. The lowest BCUT2D eigenvalue weighted by Gasteiger charge is -2.25. The van der Waals surface area contributed by atoms with Crippen LogP contribution < -0.4 is 10.6 Å². The van der Waals surface area contributed by atoms with Crippen LogP contribution >= 0.6 is 0 Å². The summed E-state index contributed by atoms with van der Waals surface area (Å²) in [5.74, 6) is -1.12. The molecule has 7 nitrogen and oxygen atoms in total. The SMILES string of the molecule is CC[C@H](C)[C@H](NC(=O)[C@H](Cc1ccccc1)NC(=O)OCc1ccccc1)C(=O)OC. The standard InChI is InChI=1S/C24H30N2O5/c1-4-17(2)21(23(28)30-3)26-22(27)20(15-18-11-7-5-8-12-18)25-24(29)31-16-19-13-9-6-10-14-19/h5-14,17,20-21H,4,15-16H2,1-3H3,(H,25,29)(H,26,27)/t17-,20-,21-/m0/s1. The average molecular weight is 427 g/mol. The number of amides is 2. The molecule has 0 unspecified atom stereocenters. The summed E-state index contributed by atoms with van der Waals surface area (Å²) in [4.78, 5) is 37.6. The fraction of sp³-hybridized carbons (Fsp3) is 0.375. The minimum Gasteiger partial charge on any atom is -0.467 e. The zero-order chi connectivity index (χ0) is 22.6. The Labute approximate surface area is 183 Å². The summed E-state index contributed by atoms with van der Waals surface area (Å²) in [5.41, 5.74) is 1.70. The molecular weight excluding hydrogens is 396 g/mol. The van der Waals surface area contributed by atoms with Crippen LogP contribution in [0.4, 0.5) is 4.79 Å². The van der Waals surface area contributed by atoms with Crippen molar-refractivity contribution < 1.29 is 23.9 Å². The lowest BCUT2D eigenvalue weighted by Crippen LogP contribution is -2.54. The van der Waals surface area contributed by atoms with Gasteiger partial charge in [-0.1, -0.05) is 80.9 Å². The van der Waals surface area contributed by atoms with Crippen LogP contribution in [-0.4, -0.2) is 37.2 Å². The van der Waals surface area contributed by atoms with E-state index in [-0.39, 0.29) is 18.9 Å². The van der Waals surface area contributed by atoms with Crippen LogP contribution in [0.3, 0.4) is 0 Å². The van der Waals surface area contributed by atoms with Crippen LogP contribution in [0, 0.1) is 5.92 Å². The van der Waals surface area contributed by atoms with Crippen molar-refractivity contribution in [3.63, 3.8) is 0 Å². The van der Waals surface area contributed by atoms with Crippen molar-refractivity contribution in [2.75, 3.05) is 7.11 Å². The van der Waals surface area contributed by atoms with E-state index in [1.807, 2.05) is 74.5 Å². The summed E-state index contributed by atoms with van der Waals surface area (Å²) in [5, 5.41) is 5.36. The van der Waals surface area contributed by atoms with Crippen LogP contribution in [0.5, 0.6) is 0 Å². The van der Waals surface area contributed by atoms with Gasteiger partial charge in [0.15, 0.2) is 0 Å². The summed E-state index contributed by atoms with van der Waals surface area (Å²) in [6.07, 6.45) is 0.218. The van der Waals surface area contributed by atoms with Crippen molar-refractivity contribution in [2.45, 2.75) is 45.4 Å². The van der Waals surface area contributed by atoms with Gasteiger partial charge in [-0.3, -0.25) is 4.79 Å². The zero-order valence-electron chi connectivity index (χ0n) is 18.2. The number of esters is 1. The van der Waals surface area contributed by atoms with Gasteiger partial charge in [0.1, 0.15) is 18.7 Å². The Morgan fingerprint density at radius 2 is 1.48 bits per heavy atom. The summed E-state index contributed by atoms with van der Waals surface area (Å²) >= 11 is 0. The summed E-state index contributed by atoms with van der Waals surface area (Å²) in [6, 6.07) is 16.9. The number of hydrogen-bond acceptors (Lipinski definition) is 5. The Hall–Kier alpha value is -3.35. The molecule has 31 heavy (non-hydrogen) atoms. The fourth-order valence-corrected chi connectivity index (χ4v) is 3.02. The number of benzene rings is 2. The first-order valence-corrected chi connectivity index (χ1v) is 10.3. The van der Waals surface area contributed by atoms with E-state index >= 15 is 0 Å². The molecule has 0 aliphatic heterocycles. The topological polar surface area (TPSA) is 93.7 Å². The van der Waals surface area contributed by atoms with Crippen LogP contribution in [-0.2, 0) is 32.1 Å². The molecule has 0 saturated heterocycles. The molecule has 0 fully saturated rings. The molecule has 7 heteroatoms. The first-order valence-electron chi connectivity index (χ1n) is 10.3. The van der Waals surface area contributed by atoms with Crippen LogP contribution in [0.15, 0.2) is 60.7 Å². The highest BCUT2D eigenvalue weighted by atomic mass is 16.5. The Kier molecular flexibility index (Phi) is 9.55. The van der Waals surface area contributed by atoms with Crippen molar-refractivity contribution in [1.82, 2.24) is 10.6 Å². The van der Waals surface area contributed by atoms with E-state index < -0.39 is 30.1 Å². The van der Waals surface area contributed by atoms with Gasteiger partial charge in [0.2, 0.25) is 5.91 Å². The first kappa shape index (κ1) is 23.9. The first-order chi connectivity index (χ1) is 14.9. The lowest BCUT2D eigenvalue weighted by atomic mass is 9.98. The summed E-state index contributed by atoms with van der Waals surface area (Å²) < 4.78 is 10.1. The van der Waals surface area contributed by atoms with Crippen LogP contribution in [0.25, 0.3) is 0 Å². The number of carbonyl (C=O) groups is 3. The molecule has 2 rings (SSSR count). The third-order valence-electron chi connectivity index (χ3n) is 5.07. The van der Waals surface area contributed by atoms with Gasteiger partial charge in [-0.05, 0) is 17.0 Å². The smallest absolute Gasteiger partial charge is 0.408 e. The molecule has 0 bridgehead atoms. The molecule has 0 aliphatic carbocycles. The number of carbonyl (C=O) groups excluding carboxylic acids is 3. The fourth-order valence-electron chi connectivity index (χ4n) is 3.02. The van der Waals surface area contributed by atoms with Gasteiger partial charge in [0.05, 0.1) is 7.11 Å². The van der Waals surface area contributed by atoms with Crippen LogP contribution in [0.2, 0.25) is 0 Å². The second-order valence-electron chi connectivity index (χ2n) is 7.34. The molecule has 2 N–H and O–H groups in total. The average Bonchev–Trinajstić information content (AvgIpc) is 2.81. The van der Waals surface area contributed by atoms with Crippen molar-refractivity contribution >= 4 is 18.0 Å². The summed E-state index contributed by atoms with van der Waals surface area (Å²) in [7, 11) is 1.28. The Morgan fingerprint density at radius 1 is 0.903 bits per heavy atom. The highest BCUT2D eigenvalue weighted by Gasteiger charge is 2.30. The monoisotopic (exact) mass is 426 g/mol. The molecule has 0 radical (unpaired) electrons. The predicted octanol–water partition coefficient (Wildman–Crippen LogP) is 3.23. The molecule has 0 heterocycles. The highest BCUT2D eigenvalue weighted by molar-refractivity contribution is 5.90. The number of ether oxygens (including phenoxy) is 2. The molecule has 2 amide bonds. The summed E-state index contributed by atoms with van der Waals surface area (Å²) in [6.45, 7) is 3.87. The number of rotatable bonds is 10. The normalized spacial score (nSPS) is 13.4. The maximum Gasteiger partial charge on any atom is 0.408 e. The largest absolute Gasteiger partial charge is 0.467 e. The number of hydrogen-bond donors (Lipinski definition) is 2. The van der Waals surface area contributed by atoms with E-state index in [4.69, 9.17) is 9.47 Å². The van der Waals surface area contributed by atoms with Gasteiger partial charge in [-0.2, -0.15) is 0 Å². The van der Waals surface area contributed by atoms with Gasteiger partial charge >= 0.3 is 12.1 Å². The van der Waals surface area contributed by atoms with Gasteiger partial charge in [-0.25, -0.2) is 9.59 Å². The number of methoxy groups -OCH3 is 1. The van der Waals surface area contributed by atoms with Gasteiger partial charge in [0.25, 0.3) is 0 Å². The minimum atomic E-state index is -0.915. The maximum absolute atomic E-state index is 13.0. The van der Waals surface area contributed by atoms with Crippen LogP contribution in [0.1, 0.15) is 31.4 Å². The van der Waals surface area contributed by atoms with Crippen molar-refractivity contribution in [1.29, 1.82) is 0 Å². The molecular formula is C24H30N2O5. The quantitative estimate of drug-likeness (QED) is 0.569. The molecule has 2 aromatic rings. The molecule has 2 aromatic carbocycles. The molecule has 0 aromatic heterocycles. The molecule has 166 valence electrons. The molecule has 3 atom stereocenters. The second-order valence-corrected chi connectivity index (χ2v) is 7.34.